The molecule has 1 aliphatic heterocycles. The van der Waals surface area contributed by atoms with E-state index >= 15 is 0 Å². The molecule has 6 nitrogen and oxygen atoms in total. The van der Waals surface area contributed by atoms with Crippen LogP contribution < -0.4 is 5.32 Å². The second-order valence-corrected chi connectivity index (χ2v) is 7.10. The minimum atomic E-state index is -0.397. The first-order valence-corrected chi connectivity index (χ1v) is 9.37. The number of hydrogen-bond donors (Lipinski definition) is 1. The number of nitrogens with zero attached hydrogens (tertiary/aromatic N) is 3. The fraction of sp³-hybridized carbons (Fsp3) is 0.211. The van der Waals surface area contributed by atoms with Crippen molar-refractivity contribution in [3.05, 3.63) is 68.2 Å². The van der Waals surface area contributed by atoms with E-state index in [-0.39, 0.29) is 5.69 Å². The van der Waals surface area contributed by atoms with Crippen LogP contribution in [0, 0.1) is 10.1 Å². The Hall–Kier alpha value is -2.57. The maximum Gasteiger partial charge on any atom is 0.294 e. The van der Waals surface area contributed by atoms with Gasteiger partial charge in [0, 0.05) is 23.7 Å². The summed E-state index contributed by atoms with van der Waals surface area (Å²) in [5.41, 5.74) is 2.83. The molecule has 1 N–H and O–H groups in total. The summed E-state index contributed by atoms with van der Waals surface area (Å²) in [6.45, 7) is 0.780. The maximum atomic E-state index is 11.5. The summed E-state index contributed by atoms with van der Waals surface area (Å²) in [6.07, 6.45) is 2.81. The highest BCUT2D eigenvalue weighted by Crippen LogP contribution is 2.40. The zero-order valence-corrected chi connectivity index (χ0v) is 15.8. The first kappa shape index (κ1) is 17.8. The number of nitrogens with one attached hydrogen (secondary N) is 1. The van der Waals surface area contributed by atoms with E-state index in [2.05, 4.69) is 5.32 Å². The predicted molar refractivity (Wildman–Crippen MR) is 107 cm³/mol. The average molecular weight is 403 g/mol. The van der Waals surface area contributed by atoms with E-state index in [9.17, 15) is 10.1 Å². The number of benzene rings is 2. The zero-order chi connectivity index (χ0) is 19.0. The van der Waals surface area contributed by atoms with E-state index in [1.165, 1.54) is 6.07 Å². The lowest BCUT2D eigenvalue weighted by atomic mass is 10.0. The molecule has 0 aliphatic carbocycles. The lowest BCUT2D eigenvalue weighted by molar-refractivity contribution is -0.384. The van der Waals surface area contributed by atoms with Crippen molar-refractivity contribution in [2.45, 2.75) is 19.3 Å². The minimum Gasteiger partial charge on any atom is -0.370 e. The Labute approximate surface area is 165 Å². The first-order chi connectivity index (χ1) is 13.1. The molecule has 3 aromatic rings. The molecule has 0 bridgehead atoms. The van der Waals surface area contributed by atoms with Crippen LogP contribution in [0.1, 0.15) is 18.4 Å². The van der Waals surface area contributed by atoms with Crippen molar-refractivity contribution in [3.63, 3.8) is 0 Å². The summed E-state index contributed by atoms with van der Waals surface area (Å²) < 4.78 is 1.62. The van der Waals surface area contributed by atoms with Crippen LogP contribution in [0.15, 0.2) is 42.5 Å². The molecular formula is C19H16Cl2N4O2. The number of hydrogen-bond acceptors (Lipinski definition) is 4. The molecule has 0 spiro atoms. The molecule has 0 saturated heterocycles. The number of nitro groups is 1. The lowest BCUT2D eigenvalue weighted by Gasteiger charge is -2.09. The quantitative estimate of drug-likeness (QED) is 0.463. The molecule has 0 amide bonds. The number of rotatable bonds is 3. The standard InChI is InChI=1S/C19H16Cl2N4O2/c20-14-8-5-7-12(17(14)21)18-13-6-3-4-11-22-19(13)24(23-18)15-9-1-2-10-16(15)25(26)27/h1-2,5,7-10,22H,3-4,6,11H2. The summed E-state index contributed by atoms with van der Waals surface area (Å²) in [5.74, 6) is 0.771. The van der Waals surface area contributed by atoms with Gasteiger partial charge in [0.05, 0.1) is 20.7 Å². The van der Waals surface area contributed by atoms with Crippen LogP contribution in [0.3, 0.4) is 0 Å². The molecular weight excluding hydrogens is 387 g/mol. The summed E-state index contributed by atoms with van der Waals surface area (Å²) in [4.78, 5) is 11.1. The van der Waals surface area contributed by atoms with Gasteiger partial charge in [-0.3, -0.25) is 10.1 Å². The van der Waals surface area contributed by atoms with Crippen molar-refractivity contribution < 1.29 is 4.92 Å². The van der Waals surface area contributed by atoms with Crippen molar-refractivity contribution in [3.8, 4) is 16.9 Å². The van der Waals surface area contributed by atoms with Gasteiger partial charge in [0.25, 0.3) is 5.69 Å². The molecule has 4 rings (SSSR count). The van der Waals surface area contributed by atoms with Crippen molar-refractivity contribution in [1.82, 2.24) is 9.78 Å². The summed E-state index contributed by atoms with van der Waals surface area (Å²) in [7, 11) is 0. The summed E-state index contributed by atoms with van der Waals surface area (Å²) >= 11 is 12.6. The SMILES string of the molecule is O=[N+]([O-])c1ccccc1-n1nc(-c2cccc(Cl)c2Cl)c2c1NCCCC2. The van der Waals surface area contributed by atoms with E-state index in [0.29, 0.717) is 21.4 Å². The second-order valence-electron chi connectivity index (χ2n) is 6.32. The third-order valence-corrected chi connectivity index (χ3v) is 5.46. The number of halogens is 2. The Morgan fingerprint density at radius 3 is 2.74 bits per heavy atom. The van der Waals surface area contributed by atoms with Crippen molar-refractivity contribution in [1.29, 1.82) is 0 Å². The molecule has 138 valence electrons. The van der Waals surface area contributed by atoms with Crippen molar-refractivity contribution in [2.75, 3.05) is 11.9 Å². The first-order valence-electron chi connectivity index (χ1n) is 8.62. The summed E-state index contributed by atoms with van der Waals surface area (Å²) in [5, 5.41) is 20.5. The zero-order valence-electron chi connectivity index (χ0n) is 14.3. The highest BCUT2D eigenvalue weighted by molar-refractivity contribution is 6.43. The van der Waals surface area contributed by atoms with Gasteiger partial charge in [0.15, 0.2) is 0 Å². The van der Waals surface area contributed by atoms with Gasteiger partial charge in [-0.15, -0.1) is 0 Å². The Kier molecular flexibility index (Phi) is 4.76. The molecule has 1 aliphatic rings. The van der Waals surface area contributed by atoms with Gasteiger partial charge < -0.3 is 5.32 Å². The van der Waals surface area contributed by atoms with Gasteiger partial charge in [-0.2, -0.15) is 5.10 Å². The minimum absolute atomic E-state index is 0.00223. The van der Waals surface area contributed by atoms with Crippen molar-refractivity contribution >= 4 is 34.7 Å². The smallest absolute Gasteiger partial charge is 0.294 e. The van der Waals surface area contributed by atoms with E-state index < -0.39 is 4.92 Å². The van der Waals surface area contributed by atoms with Crippen LogP contribution in [-0.4, -0.2) is 21.2 Å². The average Bonchev–Trinajstić information content (AvgIpc) is 2.85. The van der Waals surface area contributed by atoms with Gasteiger partial charge in [0.1, 0.15) is 11.5 Å². The number of nitro benzene ring substituents is 1. The highest BCUT2D eigenvalue weighted by Gasteiger charge is 2.26. The molecule has 0 saturated carbocycles. The van der Waals surface area contributed by atoms with Gasteiger partial charge in [0.2, 0.25) is 0 Å². The molecule has 0 unspecified atom stereocenters. The molecule has 0 atom stereocenters. The molecule has 0 fully saturated rings. The maximum absolute atomic E-state index is 11.5. The van der Waals surface area contributed by atoms with Crippen LogP contribution in [0.2, 0.25) is 10.0 Å². The number of fused-ring (bicyclic) bond motifs is 1. The number of aromatic nitrogens is 2. The van der Waals surface area contributed by atoms with Crippen LogP contribution in [-0.2, 0) is 6.42 Å². The number of anilines is 1. The number of para-hydroxylation sites is 2. The van der Waals surface area contributed by atoms with Gasteiger partial charge in [-0.25, -0.2) is 4.68 Å². The van der Waals surface area contributed by atoms with E-state index in [1.807, 2.05) is 12.1 Å². The van der Waals surface area contributed by atoms with Crippen LogP contribution in [0.4, 0.5) is 11.5 Å². The highest BCUT2D eigenvalue weighted by atomic mass is 35.5. The Balaban J connectivity index is 1.99. The third kappa shape index (κ3) is 3.15. The Bertz CT molecular complexity index is 1030. The van der Waals surface area contributed by atoms with Crippen molar-refractivity contribution in [2.24, 2.45) is 0 Å². The van der Waals surface area contributed by atoms with Gasteiger partial charge >= 0.3 is 0 Å². The molecule has 1 aromatic heterocycles. The van der Waals surface area contributed by atoms with Gasteiger partial charge in [-0.05, 0) is 31.4 Å². The normalized spacial score (nSPS) is 13.6. The molecule has 2 heterocycles. The van der Waals surface area contributed by atoms with E-state index in [4.69, 9.17) is 28.3 Å². The van der Waals surface area contributed by atoms with Crippen LogP contribution in [0.25, 0.3) is 16.9 Å². The second kappa shape index (κ2) is 7.21. The van der Waals surface area contributed by atoms with Crippen LogP contribution >= 0.6 is 23.2 Å². The largest absolute Gasteiger partial charge is 0.370 e. The van der Waals surface area contributed by atoms with Crippen LogP contribution in [0.5, 0.6) is 0 Å². The molecule has 8 heteroatoms. The lowest BCUT2D eigenvalue weighted by Crippen LogP contribution is -2.08. The van der Waals surface area contributed by atoms with E-state index in [1.54, 1.807) is 28.9 Å². The van der Waals surface area contributed by atoms with E-state index in [0.717, 1.165) is 42.8 Å². The Morgan fingerprint density at radius 2 is 1.93 bits per heavy atom. The molecule has 27 heavy (non-hydrogen) atoms. The summed E-state index contributed by atoms with van der Waals surface area (Å²) in [6, 6.07) is 12.0. The topological polar surface area (TPSA) is 73.0 Å². The fourth-order valence-corrected chi connectivity index (χ4v) is 3.77. The molecule has 0 radical (unpaired) electrons. The molecule has 2 aromatic carbocycles. The fourth-order valence-electron chi connectivity index (χ4n) is 3.38. The predicted octanol–water partition coefficient (Wildman–Crippen LogP) is 5.50. The van der Waals surface area contributed by atoms with Gasteiger partial charge in [-0.1, -0.05) is 47.5 Å². The Morgan fingerprint density at radius 1 is 1.11 bits per heavy atom. The monoisotopic (exact) mass is 402 g/mol. The third-order valence-electron chi connectivity index (χ3n) is 4.64.